The number of nitrogens with zero attached hydrogens (tertiary/aromatic N) is 4. The van der Waals surface area contributed by atoms with Gasteiger partial charge in [0.1, 0.15) is 0 Å². The zero-order valence-corrected chi connectivity index (χ0v) is 14.8. The van der Waals surface area contributed by atoms with E-state index in [2.05, 4.69) is 64.1 Å². The number of hydrogen-bond acceptors (Lipinski definition) is 5. The average molecular weight is 350 g/mol. The summed E-state index contributed by atoms with van der Waals surface area (Å²) in [4.78, 5) is 3.32. The van der Waals surface area contributed by atoms with Crippen LogP contribution in [0, 0.1) is 0 Å². The third-order valence-corrected chi connectivity index (χ3v) is 4.68. The van der Waals surface area contributed by atoms with E-state index in [0.29, 0.717) is 12.2 Å². The highest BCUT2D eigenvalue weighted by atomic mass is 16.3. The number of aliphatic hydroxyl groups excluding tert-OH is 1. The third-order valence-electron chi connectivity index (χ3n) is 4.68. The molecule has 0 bridgehead atoms. The molecule has 26 heavy (non-hydrogen) atoms. The van der Waals surface area contributed by atoms with Crippen molar-refractivity contribution in [3.63, 3.8) is 0 Å². The van der Waals surface area contributed by atoms with E-state index in [1.54, 1.807) is 16.8 Å². The van der Waals surface area contributed by atoms with Gasteiger partial charge in [0.25, 0.3) is 0 Å². The number of fused-ring (bicyclic) bond motifs is 2. The topological polar surface area (TPSA) is 91.1 Å². The molecule has 1 unspecified atom stereocenters. The number of aliphatic hydroxyl groups is 1. The van der Waals surface area contributed by atoms with Crippen molar-refractivity contribution in [3.05, 3.63) is 59.9 Å². The number of H-pyrrole nitrogens is 1. The molecule has 7 heteroatoms. The van der Waals surface area contributed by atoms with Crippen molar-refractivity contribution in [2.45, 2.75) is 31.9 Å². The van der Waals surface area contributed by atoms with Gasteiger partial charge in [0.15, 0.2) is 5.65 Å². The van der Waals surface area contributed by atoms with E-state index in [1.807, 2.05) is 12.1 Å². The lowest BCUT2D eigenvalue weighted by Crippen LogP contribution is -2.43. The van der Waals surface area contributed by atoms with Gasteiger partial charge < -0.3 is 15.4 Å². The van der Waals surface area contributed by atoms with E-state index in [4.69, 9.17) is 0 Å². The predicted octanol–water partition coefficient (Wildman–Crippen LogP) is 2.25. The van der Waals surface area contributed by atoms with Gasteiger partial charge in [0.05, 0.1) is 6.10 Å². The van der Waals surface area contributed by atoms with Gasteiger partial charge in [-0.25, -0.2) is 4.52 Å². The summed E-state index contributed by atoms with van der Waals surface area (Å²) in [6, 6.07) is 12.0. The van der Waals surface area contributed by atoms with Gasteiger partial charge in [-0.05, 0) is 48.4 Å². The van der Waals surface area contributed by atoms with Crippen molar-refractivity contribution in [2.24, 2.45) is 0 Å². The minimum atomic E-state index is -0.633. The minimum Gasteiger partial charge on any atom is -0.387 e. The van der Waals surface area contributed by atoms with Crippen LogP contribution in [0.5, 0.6) is 0 Å². The second-order valence-corrected chi connectivity index (χ2v) is 7.26. The van der Waals surface area contributed by atoms with Gasteiger partial charge in [-0.1, -0.05) is 24.3 Å². The number of para-hydroxylation sites is 1. The van der Waals surface area contributed by atoms with E-state index >= 15 is 0 Å². The van der Waals surface area contributed by atoms with Gasteiger partial charge in [-0.15, -0.1) is 5.10 Å². The van der Waals surface area contributed by atoms with Crippen molar-refractivity contribution in [1.82, 2.24) is 30.3 Å². The number of rotatable bonds is 6. The third kappa shape index (κ3) is 3.31. The first-order chi connectivity index (χ1) is 12.5. The molecule has 0 amide bonds. The Balaban J connectivity index is 1.43. The van der Waals surface area contributed by atoms with Crippen LogP contribution in [-0.4, -0.2) is 42.2 Å². The van der Waals surface area contributed by atoms with Crippen molar-refractivity contribution >= 4 is 16.6 Å². The first kappa shape index (κ1) is 16.7. The highest BCUT2D eigenvalue weighted by Gasteiger charge is 2.21. The van der Waals surface area contributed by atoms with Crippen LogP contribution in [0.2, 0.25) is 0 Å². The molecule has 3 aromatic heterocycles. The number of hydrogen-bond donors (Lipinski definition) is 3. The molecule has 134 valence electrons. The number of pyridine rings is 1. The van der Waals surface area contributed by atoms with Gasteiger partial charge in [0, 0.05) is 40.9 Å². The van der Waals surface area contributed by atoms with Crippen LogP contribution in [0.3, 0.4) is 0 Å². The standard InChI is InChI=1S/C19H22N6O/c1-19(2,9-14-10-20-16-6-4-3-5-15(14)16)21-11-17(26)13-7-8-18-22-23-24-25(18)12-13/h3-8,10,12,17,20-21,26H,9,11H2,1-2H3. The van der Waals surface area contributed by atoms with Crippen LogP contribution >= 0.6 is 0 Å². The molecule has 1 atom stereocenters. The lowest BCUT2D eigenvalue weighted by Gasteiger charge is -2.28. The first-order valence-electron chi connectivity index (χ1n) is 8.68. The Morgan fingerprint density at radius 3 is 2.96 bits per heavy atom. The van der Waals surface area contributed by atoms with Crippen LogP contribution in [0.25, 0.3) is 16.6 Å². The molecule has 0 aliphatic carbocycles. The lowest BCUT2D eigenvalue weighted by molar-refractivity contribution is 0.160. The van der Waals surface area contributed by atoms with E-state index in [0.717, 1.165) is 17.5 Å². The second kappa shape index (κ2) is 6.51. The van der Waals surface area contributed by atoms with Crippen LogP contribution < -0.4 is 5.32 Å². The van der Waals surface area contributed by atoms with Crippen molar-refractivity contribution in [3.8, 4) is 0 Å². The first-order valence-corrected chi connectivity index (χ1v) is 8.68. The summed E-state index contributed by atoms with van der Waals surface area (Å²) in [6.07, 6.45) is 4.05. The minimum absolute atomic E-state index is 0.162. The van der Waals surface area contributed by atoms with Gasteiger partial charge in [-0.3, -0.25) is 0 Å². The Morgan fingerprint density at radius 2 is 2.08 bits per heavy atom. The van der Waals surface area contributed by atoms with Crippen molar-refractivity contribution in [1.29, 1.82) is 0 Å². The van der Waals surface area contributed by atoms with E-state index in [-0.39, 0.29) is 5.54 Å². The van der Waals surface area contributed by atoms with Crippen LogP contribution in [0.1, 0.15) is 31.1 Å². The molecule has 3 heterocycles. The normalized spacial score (nSPS) is 13.5. The van der Waals surface area contributed by atoms with Crippen molar-refractivity contribution < 1.29 is 5.11 Å². The average Bonchev–Trinajstić information content (AvgIpc) is 3.26. The molecule has 0 spiro atoms. The summed E-state index contributed by atoms with van der Waals surface area (Å²) < 4.78 is 1.57. The lowest BCUT2D eigenvalue weighted by atomic mass is 9.94. The van der Waals surface area contributed by atoms with Gasteiger partial charge in [0.2, 0.25) is 0 Å². The maximum atomic E-state index is 10.5. The fourth-order valence-electron chi connectivity index (χ4n) is 3.26. The predicted molar refractivity (Wildman–Crippen MR) is 99.8 cm³/mol. The SMILES string of the molecule is CC(C)(Cc1c[nH]c2ccccc12)NCC(O)c1ccc2nnnn2c1. The molecule has 4 rings (SSSR count). The second-order valence-electron chi connectivity index (χ2n) is 7.26. The Kier molecular flexibility index (Phi) is 4.18. The molecule has 0 aliphatic heterocycles. The summed E-state index contributed by atoms with van der Waals surface area (Å²) in [5.41, 5.74) is 3.69. The maximum absolute atomic E-state index is 10.5. The number of tetrazole rings is 1. The Hall–Kier alpha value is -2.77. The highest BCUT2D eigenvalue weighted by Crippen LogP contribution is 2.23. The maximum Gasteiger partial charge on any atom is 0.179 e. The fourth-order valence-corrected chi connectivity index (χ4v) is 3.26. The molecule has 0 aliphatic rings. The zero-order valence-electron chi connectivity index (χ0n) is 14.8. The van der Waals surface area contributed by atoms with Crippen LogP contribution in [-0.2, 0) is 6.42 Å². The Bertz CT molecular complexity index is 1030. The summed E-state index contributed by atoms with van der Waals surface area (Å²) in [5, 5.41) is 26.6. The molecule has 3 N–H and O–H groups in total. The summed E-state index contributed by atoms with van der Waals surface area (Å²) in [5.74, 6) is 0. The molecular formula is C19H22N6O. The number of aromatic amines is 1. The van der Waals surface area contributed by atoms with E-state index in [1.165, 1.54) is 10.9 Å². The van der Waals surface area contributed by atoms with Crippen LogP contribution in [0.15, 0.2) is 48.8 Å². The number of aromatic nitrogens is 5. The molecule has 0 saturated heterocycles. The summed E-state index contributed by atoms with van der Waals surface area (Å²) >= 11 is 0. The molecular weight excluding hydrogens is 328 g/mol. The quantitative estimate of drug-likeness (QED) is 0.496. The molecule has 7 nitrogen and oxygen atoms in total. The highest BCUT2D eigenvalue weighted by molar-refractivity contribution is 5.83. The molecule has 0 saturated carbocycles. The smallest absolute Gasteiger partial charge is 0.179 e. The number of benzene rings is 1. The van der Waals surface area contributed by atoms with Crippen molar-refractivity contribution in [2.75, 3.05) is 6.54 Å². The summed E-state index contributed by atoms with van der Waals surface area (Å²) in [7, 11) is 0. The fraction of sp³-hybridized carbons (Fsp3) is 0.316. The largest absolute Gasteiger partial charge is 0.387 e. The number of nitrogens with one attached hydrogen (secondary N) is 2. The van der Waals surface area contributed by atoms with E-state index < -0.39 is 6.10 Å². The van der Waals surface area contributed by atoms with Gasteiger partial charge in [-0.2, -0.15) is 0 Å². The molecule has 0 radical (unpaired) electrons. The monoisotopic (exact) mass is 350 g/mol. The Labute approximate surface area is 151 Å². The zero-order chi connectivity index (χ0) is 18.1. The van der Waals surface area contributed by atoms with E-state index in [9.17, 15) is 5.11 Å². The Morgan fingerprint density at radius 1 is 1.23 bits per heavy atom. The summed E-state index contributed by atoms with van der Waals surface area (Å²) in [6.45, 7) is 4.74. The van der Waals surface area contributed by atoms with Crippen LogP contribution in [0.4, 0.5) is 0 Å². The molecule has 1 aromatic carbocycles. The van der Waals surface area contributed by atoms with Gasteiger partial charge >= 0.3 is 0 Å². The molecule has 4 aromatic rings. The number of β-amino-alcohol motifs (C(OH)–C–C–N with tert-alkyl or cyclic N) is 1. The molecule has 0 fully saturated rings.